The summed E-state index contributed by atoms with van der Waals surface area (Å²) in [6.07, 6.45) is 2.29. The zero-order valence-electron chi connectivity index (χ0n) is 5.02. The summed E-state index contributed by atoms with van der Waals surface area (Å²) >= 11 is 0. The van der Waals surface area contributed by atoms with Crippen molar-refractivity contribution in [3.05, 3.63) is 0 Å². The monoisotopic (exact) mass is 112 g/mol. The molecule has 44 valence electrons. The molecule has 0 rings (SSSR count). The normalized spacial score (nSPS) is 8.62. The lowest BCUT2D eigenvalue weighted by atomic mass is 10.2. The van der Waals surface area contributed by atoms with Crippen molar-refractivity contribution in [1.29, 1.82) is 0 Å². The lowest BCUT2D eigenvalue weighted by molar-refractivity contribution is -0.134. The molecular weight excluding hydrogens is 103 g/mol. The SMILES string of the molecule is [B]OC(=O)CCCC. The maximum absolute atomic E-state index is 10.2. The smallest absolute Gasteiger partial charge is 0.378 e. The minimum absolute atomic E-state index is 0.327. The molecule has 0 saturated heterocycles. The Morgan fingerprint density at radius 1 is 1.75 bits per heavy atom. The van der Waals surface area contributed by atoms with E-state index >= 15 is 0 Å². The van der Waals surface area contributed by atoms with Crippen LogP contribution in [0.25, 0.3) is 0 Å². The Labute approximate surface area is 50.7 Å². The van der Waals surface area contributed by atoms with Crippen LogP contribution in [0.3, 0.4) is 0 Å². The van der Waals surface area contributed by atoms with Gasteiger partial charge in [-0.1, -0.05) is 13.3 Å². The predicted molar refractivity (Wildman–Crippen MR) is 31.4 cm³/mol. The van der Waals surface area contributed by atoms with Crippen LogP contribution in [0.15, 0.2) is 0 Å². The highest BCUT2D eigenvalue weighted by atomic mass is 16.5. The molecule has 0 aliphatic heterocycles. The van der Waals surface area contributed by atoms with Gasteiger partial charge in [-0.2, -0.15) is 0 Å². The molecule has 0 aromatic rings. The fourth-order valence-corrected chi connectivity index (χ4v) is 0.380. The lowest BCUT2D eigenvalue weighted by Gasteiger charge is -1.94. The van der Waals surface area contributed by atoms with Crippen LogP contribution in [0.1, 0.15) is 26.2 Å². The topological polar surface area (TPSA) is 26.3 Å². The highest BCUT2D eigenvalue weighted by Gasteiger charge is 1.94. The molecular formula is C5H9BO2. The third-order valence-corrected chi connectivity index (χ3v) is 0.866. The van der Waals surface area contributed by atoms with Crippen molar-refractivity contribution >= 4 is 14.0 Å². The average Bonchev–Trinajstić information content (AvgIpc) is 1.83. The molecule has 0 aromatic carbocycles. The van der Waals surface area contributed by atoms with Crippen molar-refractivity contribution in [2.75, 3.05) is 0 Å². The van der Waals surface area contributed by atoms with Crippen molar-refractivity contribution in [2.24, 2.45) is 0 Å². The maximum Gasteiger partial charge on any atom is 0.378 e. The first-order valence-corrected chi connectivity index (χ1v) is 2.70. The molecule has 0 fully saturated rings. The Balaban J connectivity index is 2.99. The lowest BCUT2D eigenvalue weighted by Crippen LogP contribution is -1.99. The molecule has 0 amide bonds. The van der Waals surface area contributed by atoms with Crippen molar-refractivity contribution < 1.29 is 9.45 Å². The van der Waals surface area contributed by atoms with Gasteiger partial charge >= 0.3 is 8.05 Å². The summed E-state index contributed by atoms with van der Waals surface area (Å²) in [7, 11) is 4.56. The second-order valence-corrected chi connectivity index (χ2v) is 1.59. The van der Waals surface area contributed by atoms with E-state index in [1.54, 1.807) is 0 Å². The fraction of sp³-hybridized carbons (Fsp3) is 0.800. The Morgan fingerprint density at radius 3 is 2.75 bits per heavy atom. The summed E-state index contributed by atoms with van der Waals surface area (Å²) in [5, 5.41) is 0. The van der Waals surface area contributed by atoms with Gasteiger partial charge in [-0.3, -0.25) is 4.79 Å². The highest BCUT2D eigenvalue weighted by molar-refractivity contribution is 6.05. The van der Waals surface area contributed by atoms with E-state index in [0.29, 0.717) is 6.42 Å². The molecule has 2 nitrogen and oxygen atoms in total. The molecule has 0 saturated carbocycles. The van der Waals surface area contributed by atoms with Gasteiger partial charge in [0.25, 0.3) is 5.97 Å². The van der Waals surface area contributed by atoms with E-state index in [9.17, 15) is 4.79 Å². The Bertz CT molecular complexity index is 72.8. The van der Waals surface area contributed by atoms with E-state index in [4.69, 9.17) is 0 Å². The maximum atomic E-state index is 10.2. The minimum Gasteiger partial charge on any atom is -0.543 e. The zero-order valence-corrected chi connectivity index (χ0v) is 5.02. The van der Waals surface area contributed by atoms with Crippen LogP contribution in [-0.4, -0.2) is 14.0 Å². The van der Waals surface area contributed by atoms with Crippen LogP contribution in [0.4, 0.5) is 0 Å². The van der Waals surface area contributed by atoms with E-state index in [-0.39, 0.29) is 5.97 Å². The molecule has 0 unspecified atom stereocenters. The van der Waals surface area contributed by atoms with Crippen LogP contribution < -0.4 is 0 Å². The van der Waals surface area contributed by atoms with E-state index in [1.165, 1.54) is 0 Å². The minimum atomic E-state index is -0.327. The summed E-state index contributed by atoms with van der Waals surface area (Å²) in [5.74, 6) is -0.327. The number of unbranched alkanes of at least 4 members (excludes halogenated alkanes) is 1. The first-order chi connectivity index (χ1) is 3.81. The van der Waals surface area contributed by atoms with Gasteiger partial charge < -0.3 is 4.65 Å². The van der Waals surface area contributed by atoms with Gasteiger partial charge in [0.2, 0.25) is 0 Å². The first-order valence-electron chi connectivity index (χ1n) is 2.70. The number of hydrogen-bond donors (Lipinski definition) is 0. The van der Waals surface area contributed by atoms with Crippen molar-refractivity contribution in [3.8, 4) is 0 Å². The van der Waals surface area contributed by atoms with E-state index in [2.05, 4.69) is 12.7 Å². The van der Waals surface area contributed by atoms with Crippen molar-refractivity contribution in [1.82, 2.24) is 0 Å². The Kier molecular flexibility index (Phi) is 4.42. The molecule has 0 heterocycles. The first kappa shape index (κ1) is 7.53. The standard InChI is InChI=1S/C5H9BO2/c1-2-3-4-5(7)8-6/h2-4H2,1H3. The van der Waals surface area contributed by atoms with Crippen LogP contribution in [-0.2, 0) is 9.45 Å². The largest absolute Gasteiger partial charge is 0.543 e. The van der Waals surface area contributed by atoms with Crippen LogP contribution in [0.2, 0.25) is 0 Å². The molecule has 0 aliphatic rings. The number of hydrogen-bond acceptors (Lipinski definition) is 2. The van der Waals surface area contributed by atoms with Gasteiger partial charge in [0, 0.05) is 6.42 Å². The molecule has 0 aliphatic carbocycles. The molecule has 0 spiro atoms. The second kappa shape index (κ2) is 4.69. The summed E-state index contributed by atoms with van der Waals surface area (Å²) in [6, 6.07) is 0. The van der Waals surface area contributed by atoms with E-state index in [1.807, 2.05) is 6.92 Å². The van der Waals surface area contributed by atoms with Gasteiger partial charge in [0.15, 0.2) is 0 Å². The van der Waals surface area contributed by atoms with E-state index < -0.39 is 0 Å². The molecule has 2 radical (unpaired) electrons. The third-order valence-electron chi connectivity index (χ3n) is 0.866. The Morgan fingerprint density at radius 2 is 2.38 bits per heavy atom. The quantitative estimate of drug-likeness (QED) is 0.504. The highest BCUT2D eigenvalue weighted by Crippen LogP contribution is 1.93. The Hall–Kier alpha value is -0.465. The third kappa shape index (κ3) is 3.72. The second-order valence-electron chi connectivity index (χ2n) is 1.59. The molecule has 8 heavy (non-hydrogen) atoms. The van der Waals surface area contributed by atoms with Crippen LogP contribution >= 0.6 is 0 Å². The number of carbonyl (C=O) groups excluding carboxylic acids is 1. The van der Waals surface area contributed by atoms with Crippen molar-refractivity contribution in [3.63, 3.8) is 0 Å². The summed E-state index contributed by atoms with van der Waals surface area (Å²) in [6.45, 7) is 2.00. The molecule has 0 bridgehead atoms. The molecule has 3 heteroatoms. The van der Waals surface area contributed by atoms with Crippen LogP contribution in [0.5, 0.6) is 0 Å². The summed E-state index contributed by atoms with van der Waals surface area (Å²) < 4.78 is 3.91. The van der Waals surface area contributed by atoms with Gasteiger partial charge in [0.1, 0.15) is 0 Å². The zero-order chi connectivity index (χ0) is 6.41. The molecule has 0 aromatic heterocycles. The van der Waals surface area contributed by atoms with Gasteiger partial charge in [-0.25, -0.2) is 0 Å². The van der Waals surface area contributed by atoms with Gasteiger partial charge in [-0.15, -0.1) is 0 Å². The summed E-state index contributed by atoms with van der Waals surface area (Å²) in [4.78, 5) is 10.2. The van der Waals surface area contributed by atoms with E-state index in [0.717, 1.165) is 12.8 Å². The summed E-state index contributed by atoms with van der Waals surface area (Å²) in [5.41, 5.74) is 0. The number of carbonyl (C=O) groups is 1. The molecule has 0 atom stereocenters. The average molecular weight is 112 g/mol. The van der Waals surface area contributed by atoms with Gasteiger partial charge in [-0.05, 0) is 6.42 Å². The van der Waals surface area contributed by atoms with Gasteiger partial charge in [0.05, 0.1) is 0 Å². The number of rotatable bonds is 3. The predicted octanol–water partition coefficient (Wildman–Crippen LogP) is 0.803. The van der Waals surface area contributed by atoms with Crippen molar-refractivity contribution in [2.45, 2.75) is 26.2 Å². The van der Waals surface area contributed by atoms with Crippen LogP contribution in [0, 0.1) is 0 Å². The fourth-order valence-electron chi connectivity index (χ4n) is 0.380. The molecule has 0 N–H and O–H groups in total.